The molecule has 0 spiro atoms. The largest absolute Gasteiger partial charge is 0.354 e. The van der Waals surface area contributed by atoms with Crippen molar-refractivity contribution < 1.29 is 0 Å². The third-order valence-corrected chi connectivity index (χ3v) is 4.26. The van der Waals surface area contributed by atoms with Gasteiger partial charge in [-0.15, -0.1) is 24.0 Å². The van der Waals surface area contributed by atoms with Crippen LogP contribution in [0.1, 0.15) is 40.0 Å². The van der Waals surface area contributed by atoms with Crippen molar-refractivity contribution in [2.24, 2.45) is 10.9 Å². The lowest BCUT2D eigenvalue weighted by molar-refractivity contribution is 0.167. The third kappa shape index (κ3) is 5.10. The van der Waals surface area contributed by atoms with Crippen LogP contribution in [0.3, 0.4) is 0 Å². The van der Waals surface area contributed by atoms with E-state index in [4.69, 9.17) is 0 Å². The zero-order valence-electron chi connectivity index (χ0n) is 12.6. The van der Waals surface area contributed by atoms with E-state index in [1.807, 2.05) is 7.05 Å². The highest BCUT2D eigenvalue weighted by Gasteiger charge is 2.33. The van der Waals surface area contributed by atoms with Crippen molar-refractivity contribution in [2.45, 2.75) is 58.2 Å². The van der Waals surface area contributed by atoms with Gasteiger partial charge in [-0.25, -0.2) is 0 Å². The van der Waals surface area contributed by atoms with Crippen LogP contribution in [-0.2, 0) is 0 Å². The zero-order valence-corrected chi connectivity index (χ0v) is 15.0. The van der Waals surface area contributed by atoms with Crippen LogP contribution in [0.5, 0.6) is 0 Å². The van der Waals surface area contributed by atoms with Gasteiger partial charge in [-0.05, 0) is 39.0 Å². The summed E-state index contributed by atoms with van der Waals surface area (Å²) in [5.41, 5.74) is 0. The average Bonchev–Trinajstić information content (AvgIpc) is 3.04. The number of guanidine groups is 1. The second kappa shape index (κ2) is 7.67. The van der Waals surface area contributed by atoms with E-state index in [2.05, 4.69) is 41.3 Å². The lowest BCUT2D eigenvalue weighted by Gasteiger charge is -2.35. The molecule has 0 aromatic carbocycles. The fourth-order valence-electron chi connectivity index (χ4n) is 2.62. The van der Waals surface area contributed by atoms with Crippen LogP contribution in [0, 0.1) is 5.92 Å². The molecule has 1 aliphatic carbocycles. The van der Waals surface area contributed by atoms with Gasteiger partial charge < -0.3 is 15.5 Å². The number of piperidine rings is 1. The molecule has 0 radical (unpaired) electrons. The van der Waals surface area contributed by atoms with E-state index < -0.39 is 0 Å². The number of rotatable bonds is 3. The maximum Gasteiger partial charge on any atom is 0.191 e. The van der Waals surface area contributed by atoms with E-state index in [0.717, 1.165) is 11.9 Å². The van der Waals surface area contributed by atoms with Crippen molar-refractivity contribution in [3.8, 4) is 0 Å². The van der Waals surface area contributed by atoms with Gasteiger partial charge in [0, 0.05) is 38.3 Å². The van der Waals surface area contributed by atoms with E-state index in [-0.39, 0.29) is 24.0 Å². The highest BCUT2D eigenvalue weighted by molar-refractivity contribution is 14.0. The molecule has 2 unspecified atom stereocenters. The Hall–Kier alpha value is -0.0400. The molecule has 19 heavy (non-hydrogen) atoms. The number of likely N-dealkylation sites (tertiary alicyclic amines) is 1. The molecule has 0 bridgehead atoms. The van der Waals surface area contributed by atoms with Crippen LogP contribution >= 0.6 is 24.0 Å². The molecule has 2 aliphatic rings. The van der Waals surface area contributed by atoms with Crippen molar-refractivity contribution >= 4 is 29.9 Å². The second-order valence-electron chi connectivity index (χ2n) is 6.08. The van der Waals surface area contributed by atoms with Gasteiger partial charge in [0.2, 0.25) is 0 Å². The van der Waals surface area contributed by atoms with Crippen molar-refractivity contribution in [3.05, 3.63) is 0 Å². The molecule has 1 saturated carbocycles. The summed E-state index contributed by atoms with van der Waals surface area (Å²) in [5, 5.41) is 7.07. The van der Waals surface area contributed by atoms with E-state index >= 15 is 0 Å². The van der Waals surface area contributed by atoms with Crippen LogP contribution in [0.15, 0.2) is 4.99 Å². The first-order valence-corrected chi connectivity index (χ1v) is 7.34. The first kappa shape index (κ1) is 17.0. The maximum atomic E-state index is 4.33. The van der Waals surface area contributed by atoms with Crippen LogP contribution < -0.4 is 10.6 Å². The summed E-state index contributed by atoms with van der Waals surface area (Å²) >= 11 is 0. The van der Waals surface area contributed by atoms with Gasteiger partial charge in [-0.1, -0.05) is 6.92 Å². The molecule has 0 amide bonds. The Morgan fingerprint density at radius 2 is 1.79 bits per heavy atom. The molecular weight excluding hydrogens is 351 g/mol. The van der Waals surface area contributed by atoms with Gasteiger partial charge in [0.1, 0.15) is 0 Å². The fraction of sp³-hybridized carbons (Fsp3) is 0.929. The van der Waals surface area contributed by atoms with Crippen LogP contribution in [0.4, 0.5) is 0 Å². The molecule has 1 saturated heterocycles. The molecule has 1 aliphatic heterocycles. The smallest absolute Gasteiger partial charge is 0.191 e. The summed E-state index contributed by atoms with van der Waals surface area (Å²) < 4.78 is 0. The summed E-state index contributed by atoms with van der Waals surface area (Å²) in [6.45, 7) is 9.25. The van der Waals surface area contributed by atoms with Crippen molar-refractivity contribution in [3.63, 3.8) is 0 Å². The van der Waals surface area contributed by atoms with Gasteiger partial charge in [-0.2, -0.15) is 0 Å². The van der Waals surface area contributed by atoms with Crippen LogP contribution in [0.25, 0.3) is 0 Å². The predicted octanol–water partition coefficient (Wildman–Crippen LogP) is 2.05. The lowest BCUT2D eigenvalue weighted by Crippen LogP contribution is -2.50. The first-order chi connectivity index (χ1) is 8.60. The van der Waals surface area contributed by atoms with E-state index in [1.54, 1.807) is 0 Å². The molecule has 5 heteroatoms. The number of halogens is 1. The maximum absolute atomic E-state index is 4.33. The quantitative estimate of drug-likeness (QED) is 0.447. The van der Waals surface area contributed by atoms with Gasteiger partial charge >= 0.3 is 0 Å². The summed E-state index contributed by atoms with van der Waals surface area (Å²) in [6.07, 6.45) is 3.73. The predicted molar refractivity (Wildman–Crippen MR) is 92.3 cm³/mol. The molecule has 1 heterocycles. The van der Waals surface area contributed by atoms with Gasteiger partial charge in [-0.3, -0.25) is 4.99 Å². The highest BCUT2D eigenvalue weighted by atomic mass is 127. The Bertz CT molecular complexity index is 298. The van der Waals surface area contributed by atoms with Crippen LogP contribution in [-0.4, -0.2) is 49.1 Å². The SMILES string of the molecule is CN=C(NC1CCN(C(C)C)CC1)NC1CC1C.I. The summed E-state index contributed by atoms with van der Waals surface area (Å²) in [7, 11) is 1.87. The molecule has 0 aromatic heterocycles. The molecule has 2 atom stereocenters. The number of hydrogen-bond acceptors (Lipinski definition) is 2. The topological polar surface area (TPSA) is 39.7 Å². The van der Waals surface area contributed by atoms with Crippen molar-refractivity contribution in [1.82, 2.24) is 15.5 Å². The molecule has 2 N–H and O–H groups in total. The molecule has 2 rings (SSSR count). The molecule has 0 aromatic rings. The molecule has 112 valence electrons. The molecule has 4 nitrogen and oxygen atoms in total. The summed E-state index contributed by atoms with van der Waals surface area (Å²) in [4.78, 5) is 6.88. The Kier molecular flexibility index (Phi) is 6.86. The second-order valence-corrected chi connectivity index (χ2v) is 6.08. The summed E-state index contributed by atoms with van der Waals surface area (Å²) in [6, 6.07) is 1.91. The Labute approximate surface area is 134 Å². The van der Waals surface area contributed by atoms with Gasteiger partial charge in [0.25, 0.3) is 0 Å². The summed E-state index contributed by atoms with van der Waals surface area (Å²) in [5.74, 6) is 1.80. The van der Waals surface area contributed by atoms with E-state index in [0.29, 0.717) is 18.1 Å². The fourth-order valence-corrected chi connectivity index (χ4v) is 2.62. The van der Waals surface area contributed by atoms with Gasteiger partial charge in [0.15, 0.2) is 5.96 Å². The zero-order chi connectivity index (χ0) is 13.1. The van der Waals surface area contributed by atoms with Crippen molar-refractivity contribution in [1.29, 1.82) is 0 Å². The normalized spacial score (nSPS) is 29.0. The van der Waals surface area contributed by atoms with Crippen LogP contribution in [0.2, 0.25) is 0 Å². The number of nitrogens with one attached hydrogen (secondary N) is 2. The Morgan fingerprint density at radius 1 is 1.21 bits per heavy atom. The van der Waals surface area contributed by atoms with E-state index in [1.165, 1.54) is 32.4 Å². The van der Waals surface area contributed by atoms with Gasteiger partial charge in [0.05, 0.1) is 0 Å². The first-order valence-electron chi connectivity index (χ1n) is 7.34. The standard InChI is InChI=1S/C14H28N4.HI/c1-10(2)18-7-5-12(6-8-18)16-14(15-4)17-13-9-11(13)3;/h10-13H,5-9H2,1-4H3,(H2,15,16,17);1H. The third-order valence-electron chi connectivity index (χ3n) is 4.26. The highest BCUT2D eigenvalue weighted by Crippen LogP contribution is 2.28. The Balaban J connectivity index is 0.00000180. The number of aliphatic imine (C=N–C) groups is 1. The minimum atomic E-state index is 0. The minimum Gasteiger partial charge on any atom is -0.354 e. The monoisotopic (exact) mass is 380 g/mol. The number of nitrogens with zero attached hydrogens (tertiary/aromatic N) is 2. The Morgan fingerprint density at radius 3 is 2.21 bits per heavy atom. The molecule has 2 fully saturated rings. The minimum absolute atomic E-state index is 0. The number of hydrogen-bond donors (Lipinski definition) is 2. The lowest BCUT2D eigenvalue weighted by atomic mass is 10.0. The van der Waals surface area contributed by atoms with E-state index in [9.17, 15) is 0 Å². The average molecular weight is 380 g/mol. The van der Waals surface area contributed by atoms with Crippen molar-refractivity contribution in [2.75, 3.05) is 20.1 Å². The molecular formula is C14H29IN4.